The molecule has 0 bridgehead atoms. The number of carbonyl (C=O) groups is 1. The van der Waals surface area contributed by atoms with Gasteiger partial charge in [-0.05, 0) is 49.0 Å². The third-order valence-electron chi connectivity index (χ3n) is 5.65. The van der Waals surface area contributed by atoms with Gasteiger partial charge in [-0.25, -0.2) is 0 Å². The zero-order valence-corrected chi connectivity index (χ0v) is 20.2. The summed E-state index contributed by atoms with van der Waals surface area (Å²) in [5.41, 5.74) is 2.10. The third kappa shape index (κ3) is 7.96. The number of ether oxygens (including phenoxy) is 2. The molecule has 0 aliphatic carbocycles. The molecule has 0 fully saturated rings. The number of hydrogen-bond donors (Lipinski definition) is 2. The molecule has 0 aromatic heterocycles. The van der Waals surface area contributed by atoms with E-state index in [1.807, 2.05) is 37.9 Å². The van der Waals surface area contributed by atoms with Gasteiger partial charge in [0.2, 0.25) is 5.91 Å². The molecule has 2 rings (SSSR count). The Morgan fingerprint density at radius 1 is 1.23 bits per heavy atom. The molecule has 0 spiro atoms. The number of rotatable bonds is 11. The fraction of sp³-hybridized carbons (Fsp3) is 0.667. The number of anilines is 1. The van der Waals surface area contributed by atoms with E-state index in [-0.39, 0.29) is 30.5 Å². The lowest BCUT2D eigenvalue weighted by molar-refractivity contribution is -0.124. The highest BCUT2D eigenvalue weighted by Crippen LogP contribution is 2.31. The first kappa shape index (κ1) is 25.4. The SMILES string of the molecule is CC(=S)OCCCCCCCOc1ccc2c(c1)N(C)C(C(C)C)C(=O)NC(CO)C2. The normalized spacial score (nSPS) is 18.8. The quantitative estimate of drug-likeness (QED) is 0.394. The smallest absolute Gasteiger partial charge is 0.243 e. The summed E-state index contributed by atoms with van der Waals surface area (Å²) in [6.45, 7) is 7.19. The molecule has 0 radical (unpaired) electrons. The first-order valence-corrected chi connectivity index (χ1v) is 11.8. The lowest BCUT2D eigenvalue weighted by atomic mass is 9.95. The topological polar surface area (TPSA) is 71.0 Å². The molecule has 0 saturated heterocycles. The molecule has 1 amide bonds. The number of thiocarbonyl (C=S) groups is 1. The summed E-state index contributed by atoms with van der Waals surface area (Å²) in [6, 6.07) is 5.50. The summed E-state index contributed by atoms with van der Waals surface area (Å²) in [5, 5.41) is 13.3. The maximum absolute atomic E-state index is 12.7. The van der Waals surface area contributed by atoms with Crippen molar-refractivity contribution < 1.29 is 19.4 Å². The second-order valence-corrected chi connectivity index (χ2v) is 9.21. The summed E-state index contributed by atoms with van der Waals surface area (Å²) in [7, 11) is 1.96. The molecule has 6 nitrogen and oxygen atoms in total. The number of unbranched alkanes of at least 4 members (excludes halogenated alkanes) is 4. The van der Waals surface area contributed by atoms with Crippen LogP contribution in [0.2, 0.25) is 0 Å². The van der Waals surface area contributed by atoms with Crippen LogP contribution in [0.3, 0.4) is 0 Å². The Balaban J connectivity index is 1.92. The van der Waals surface area contributed by atoms with Crippen molar-refractivity contribution in [2.45, 2.75) is 71.4 Å². The highest BCUT2D eigenvalue weighted by atomic mass is 32.1. The second kappa shape index (κ2) is 12.9. The number of hydrogen-bond acceptors (Lipinski definition) is 6. The van der Waals surface area contributed by atoms with E-state index < -0.39 is 0 Å². The molecular formula is C24H38N2O4S. The first-order valence-electron chi connectivity index (χ1n) is 11.4. The zero-order chi connectivity index (χ0) is 22.8. The number of fused-ring (bicyclic) bond motifs is 1. The molecular weight excluding hydrogens is 412 g/mol. The molecule has 1 aliphatic heterocycles. The second-order valence-electron chi connectivity index (χ2n) is 8.64. The number of nitrogens with zero attached hydrogens (tertiary/aromatic N) is 1. The van der Waals surface area contributed by atoms with Crippen molar-refractivity contribution in [1.82, 2.24) is 5.32 Å². The van der Waals surface area contributed by atoms with Gasteiger partial charge in [-0.15, -0.1) is 0 Å². The van der Waals surface area contributed by atoms with Gasteiger partial charge in [0.15, 0.2) is 5.05 Å². The van der Waals surface area contributed by atoms with Gasteiger partial charge in [0.1, 0.15) is 11.8 Å². The number of aliphatic hydroxyl groups is 1. The monoisotopic (exact) mass is 450 g/mol. The molecule has 2 N–H and O–H groups in total. The number of nitrogens with one attached hydrogen (secondary N) is 1. The molecule has 1 heterocycles. The number of likely N-dealkylation sites (N-methyl/N-ethyl adjacent to an activating group) is 1. The molecule has 1 aliphatic rings. The zero-order valence-electron chi connectivity index (χ0n) is 19.4. The van der Waals surface area contributed by atoms with Crippen molar-refractivity contribution >= 4 is 28.9 Å². The average Bonchev–Trinajstić information content (AvgIpc) is 2.71. The summed E-state index contributed by atoms with van der Waals surface area (Å²) in [4.78, 5) is 14.8. The van der Waals surface area contributed by atoms with E-state index in [0.29, 0.717) is 24.7 Å². The molecule has 2 unspecified atom stereocenters. The van der Waals surface area contributed by atoms with E-state index >= 15 is 0 Å². The van der Waals surface area contributed by atoms with Crippen molar-refractivity contribution in [2.75, 3.05) is 31.8 Å². The molecule has 7 heteroatoms. The van der Waals surface area contributed by atoms with E-state index in [0.717, 1.165) is 49.1 Å². The summed E-state index contributed by atoms with van der Waals surface area (Å²) in [5.74, 6) is 0.914. The van der Waals surface area contributed by atoms with Gasteiger partial charge in [-0.2, -0.15) is 0 Å². The predicted octanol–water partition coefficient (Wildman–Crippen LogP) is 3.87. The van der Waals surface area contributed by atoms with E-state index in [1.165, 1.54) is 0 Å². The fourth-order valence-corrected chi connectivity index (χ4v) is 4.15. The van der Waals surface area contributed by atoms with Gasteiger partial charge in [0.05, 0.1) is 25.9 Å². The Bertz CT molecular complexity index is 726. The van der Waals surface area contributed by atoms with Gasteiger partial charge >= 0.3 is 0 Å². The average molecular weight is 451 g/mol. The van der Waals surface area contributed by atoms with Crippen LogP contribution in [-0.2, 0) is 16.0 Å². The van der Waals surface area contributed by atoms with Crippen LogP contribution in [0.4, 0.5) is 5.69 Å². The van der Waals surface area contributed by atoms with E-state index in [9.17, 15) is 9.90 Å². The Hall–Kier alpha value is -1.86. The third-order valence-corrected chi connectivity index (χ3v) is 5.77. The largest absolute Gasteiger partial charge is 0.494 e. The van der Waals surface area contributed by atoms with E-state index in [1.54, 1.807) is 6.92 Å². The molecule has 1 aromatic rings. The molecule has 31 heavy (non-hydrogen) atoms. The number of benzene rings is 1. The summed E-state index contributed by atoms with van der Waals surface area (Å²) in [6.07, 6.45) is 6.05. The maximum Gasteiger partial charge on any atom is 0.243 e. The van der Waals surface area contributed by atoms with Crippen molar-refractivity contribution in [2.24, 2.45) is 5.92 Å². The van der Waals surface area contributed by atoms with Gasteiger partial charge in [-0.1, -0.05) is 39.2 Å². The lowest BCUT2D eigenvalue weighted by Gasteiger charge is -2.37. The number of carbonyl (C=O) groups excluding carboxylic acids is 1. The van der Waals surface area contributed by atoms with Crippen LogP contribution in [0.15, 0.2) is 18.2 Å². The Kier molecular flexibility index (Phi) is 10.5. The standard InChI is InChI=1S/C24H38N2O4S/c1-17(2)23-24(28)25-20(16-27)14-19-10-11-21(15-22(19)26(23)4)30-13-9-7-5-6-8-12-29-18(3)31/h10-11,15,17,20,23,27H,5-9,12-14,16H2,1-4H3,(H,25,28). The minimum atomic E-state index is -0.297. The lowest BCUT2D eigenvalue weighted by Crippen LogP contribution is -2.54. The van der Waals surface area contributed by atoms with Crippen LogP contribution in [0.25, 0.3) is 0 Å². The van der Waals surface area contributed by atoms with Crippen molar-refractivity contribution in [1.29, 1.82) is 0 Å². The molecule has 2 atom stereocenters. The van der Waals surface area contributed by atoms with Gasteiger partial charge in [-0.3, -0.25) is 4.79 Å². The first-order chi connectivity index (χ1) is 14.8. The highest BCUT2D eigenvalue weighted by molar-refractivity contribution is 7.80. The van der Waals surface area contributed by atoms with Crippen LogP contribution in [-0.4, -0.2) is 55.0 Å². The van der Waals surface area contributed by atoms with Gasteiger partial charge in [0, 0.05) is 25.7 Å². The minimum Gasteiger partial charge on any atom is -0.494 e. The van der Waals surface area contributed by atoms with Crippen LogP contribution in [0.5, 0.6) is 5.75 Å². The van der Waals surface area contributed by atoms with Crippen LogP contribution in [0, 0.1) is 5.92 Å². The number of aliphatic hydroxyl groups excluding tert-OH is 1. The molecule has 1 aromatic carbocycles. The highest BCUT2D eigenvalue weighted by Gasteiger charge is 2.32. The van der Waals surface area contributed by atoms with Crippen LogP contribution < -0.4 is 15.0 Å². The van der Waals surface area contributed by atoms with Crippen molar-refractivity contribution in [3.8, 4) is 5.75 Å². The van der Waals surface area contributed by atoms with E-state index in [4.69, 9.17) is 21.7 Å². The van der Waals surface area contributed by atoms with Crippen molar-refractivity contribution in [3.63, 3.8) is 0 Å². The Morgan fingerprint density at radius 2 is 1.90 bits per heavy atom. The number of amides is 1. The van der Waals surface area contributed by atoms with Gasteiger partial charge in [0.25, 0.3) is 0 Å². The predicted molar refractivity (Wildman–Crippen MR) is 129 cm³/mol. The summed E-state index contributed by atoms with van der Waals surface area (Å²) >= 11 is 4.90. The molecule has 174 valence electrons. The van der Waals surface area contributed by atoms with Crippen LogP contribution >= 0.6 is 12.2 Å². The Morgan fingerprint density at radius 3 is 2.55 bits per heavy atom. The van der Waals surface area contributed by atoms with Crippen LogP contribution in [0.1, 0.15) is 58.4 Å². The van der Waals surface area contributed by atoms with Gasteiger partial charge < -0.3 is 24.8 Å². The fourth-order valence-electron chi connectivity index (χ4n) is 4.06. The maximum atomic E-state index is 12.7. The minimum absolute atomic E-state index is 0.0420. The summed E-state index contributed by atoms with van der Waals surface area (Å²) < 4.78 is 11.3. The van der Waals surface area contributed by atoms with Crippen molar-refractivity contribution in [3.05, 3.63) is 23.8 Å². The van der Waals surface area contributed by atoms with E-state index in [2.05, 4.69) is 11.4 Å². The molecule has 0 saturated carbocycles. The Labute approximate surface area is 192 Å².